The van der Waals surface area contributed by atoms with Crippen LogP contribution in [0.15, 0.2) is 0 Å². The molecular weight excluding hydrogens is 370 g/mol. The molecule has 0 aliphatic carbocycles. The van der Waals surface area contributed by atoms with Crippen molar-refractivity contribution in [1.82, 2.24) is 14.8 Å². The number of ether oxygens (including phenoxy) is 1. The van der Waals surface area contributed by atoms with Crippen LogP contribution >= 0.6 is 0 Å². The van der Waals surface area contributed by atoms with Crippen LogP contribution in [0.4, 0.5) is 0 Å². The van der Waals surface area contributed by atoms with Gasteiger partial charge in [0.2, 0.25) is 0 Å². The lowest BCUT2D eigenvalue weighted by molar-refractivity contribution is 0.0246. The molecule has 0 unspecified atom stereocenters. The zero-order chi connectivity index (χ0) is 19.9. The molecule has 0 radical (unpaired) electrons. The van der Waals surface area contributed by atoms with Crippen LogP contribution in [0.25, 0.3) is 0 Å². The van der Waals surface area contributed by atoms with E-state index in [9.17, 15) is 18.0 Å². The summed E-state index contributed by atoms with van der Waals surface area (Å²) < 4.78 is 29.7. The summed E-state index contributed by atoms with van der Waals surface area (Å²) in [6, 6.07) is -0.586. The maximum absolute atomic E-state index is 13.3. The Morgan fingerprint density at radius 2 is 1.85 bits per heavy atom. The number of carbonyl (C=O) groups is 2. The molecule has 1 amide bonds. The van der Waals surface area contributed by atoms with E-state index in [1.54, 1.807) is 25.9 Å². The smallest absolute Gasteiger partial charge is 0.256 e. The van der Waals surface area contributed by atoms with E-state index in [1.807, 2.05) is 0 Å². The van der Waals surface area contributed by atoms with E-state index in [-0.39, 0.29) is 35.3 Å². The van der Waals surface area contributed by atoms with Crippen LogP contribution in [-0.2, 0) is 14.6 Å². The number of sulfone groups is 1. The van der Waals surface area contributed by atoms with Gasteiger partial charge in [0, 0.05) is 45.4 Å². The summed E-state index contributed by atoms with van der Waals surface area (Å²) in [6.45, 7) is 7.21. The minimum atomic E-state index is -3.20. The van der Waals surface area contributed by atoms with Crippen LogP contribution in [0.3, 0.4) is 0 Å². The Hall–Kier alpha value is -1.71. The van der Waals surface area contributed by atoms with Crippen LogP contribution in [0.2, 0.25) is 0 Å². The monoisotopic (exact) mass is 397 g/mol. The number of ketones is 1. The predicted molar refractivity (Wildman–Crippen MR) is 101 cm³/mol. The highest BCUT2D eigenvalue weighted by Gasteiger charge is 2.48. The summed E-state index contributed by atoms with van der Waals surface area (Å²) in [6.07, 6.45) is 0. The van der Waals surface area contributed by atoms with Crippen LogP contribution in [0.1, 0.15) is 39.0 Å². The summed E-state index contributed by atoms with van der Waals surface area (Å²) in [5.41, 5.74) is 2.19. The van der Waals surface area contributed by atoms with Gasteiger partial charge in [0.15, 0.2) is 15.6 Å². The van der Waals surface area contributed by atoms with Gasteiger partial charge in [-0.2, -0.15) is 0 Å². The number of aromatic amines is 1. The fourth-order valence-electron chi connectivity index (χ4n) is 4.33. The molecule has 0 bridgehead atoms. The first-order chi connectivity index (χ1) is 12.7. The van der Waals surface area contributed by atoms with E-state index in [0.717, 1.165) is 0 Å². The second kappa shape index (κ2) is 7.37. The van der Waals surface area contributed by atoms with Crippen molar-refractivity contribution >= 4 is 21.5 Å². The first kappa shape index (κ1) is 20.0. The van der Waals surface area contributed by atoms with Crippen molar-refractivity contribution in [1.29, 1.82) is 0 Å². The molecule has 0 saturated carbocycles. The maximum Gasteiger partial charge on any atom is 0.256 e. The van der Waals surface area contributed by atoms with Crippen molar-refractivity contribution in [2.75, 3.05) is 44.9 Å². The predicted octanol–water partition coefficient (Wildman–Crippen LogP) is 0.404. The molecule has 1 aromatic heterocycles. The van der Waals surface area contributed by atoms with E-state index in [0.29, 0.717) is 48.8 Å². The molecule has 2 aliphatic rings. The largest absolute Gasteiger partial charge is 0.383 e. The standard InChI is InChI=1S/C18H27N3O5S/c1-11-16(12(2)19-17(11)13(3)22)18(23)21-6-5-20(7-8-26-4)14-9-27(24,25)10-15(14)21/h14-15,19H,5-10H2,1-4H3/t14-,15+/m1/s1. The fraction of sp³-hybridized carbons (Fsp3) is 0.667. The number of Topliss-reactive ketones (excluding diaryl/α,β-unsaturated/α-hetero) is 1. The zero-order valence-corrected chi connectivity index (χ0v) is 17.1. The molecule has 9 heteroatoms. The number of nitrogens with zero attached hydrogens (tertiary/aromatic N) is 2. The second-order valence-corrected chi connectivity index (χ2v) is 9.57. The molecule has 0 aromatic carbocycles. The number of H-pyrrole nitrogens is 1. The van der Waals surface area contributed by atoms with Crippen molar-refractivity contribution in [3.63, 3.8) is 0 Å². The number of aromatic nitrogens is 1. The third kappa shape index (κ3) is 3.68. The number of fused-ring (bicyclic) bond motifs is 1. The molecule has 1 N–H and O–H groups in total. The average Bonchev–Trinajstić information content (AvgIpc) is 3.07. The Morgan fingerprint density at radius 1 is 1.19 bits per heavy atom. The summed E-state index contributed by atoms with van der Waals surface area (Å²) in [7, 11) is -1.58. The van der Waals surface area contributed by atoms with E-state index in [4.69, 9.17) is 4.74 Å². The summed E-state index contributed by atoms with van der Waals surface area (Å²) in [5, 5.41) is 0. The minimum absolute atomic E-state index is 0.0189. The number of methoxy groups -OCH3 is 1. The molecule has 3 heterocycles. The van der Waals surface area contributed by atoms with Gasteiger partial charge >= 0.3 is 0 Å². The molecular formula is C18H27N3O5S. The van der Waals surface area contributed by atoms with Crippen LogP contribution < -0.4 is 0 Å². The highest BCUT2D eigenvalue weighted by Crippen LogP contribution is 2.30. The highest BCUT2D eigenvalue weighted by atomic mass is 32.2. The lowest BCUT2D eigenvalue weighted by Gasteiger charge is -2.44. The quantitative estimate of drug-likeness (QED) is 0.722. The number of aryl methyl sites for hydroxylation is 1. The van der Waals surface area contributed by atoms with Crippen LogP contribution in [0, 0.1) is 13.8 Å². The average molecular weight is 397 g/mol. The van der Waals surface area contributed by atoms with Crippen LogP contribution in [-0.4, -0.2) is 91.8 Å². The van der Waals surface area contributed by atoms with Gasteiger partial charge in [-0.1, -0.05) is 0 Å². The molecule has 3 rings (SSSR count). The van der Waals surface area contributed by atoms with Crippen LogP contribution in [0.5, 0.6) is 0 Å². The Bertz CT molecular complexity index is 861. The summed E-state index contributed by atoms with van der Waals surface area (Å²) in [5.74, 6) is -0.281. The normalized spacial score (nSPS) is 24.8. The maximum atomic E-state index is 13.3. The van der Waals surface area contributed by atoms with Crippen molar-refractivity contribution in [3.8, 4) is 0 Å². The number of amides is 1. The van der Waals surface area contributed by atoms with Gasteiger partial charge in [-0.25, -0.2) is 8.42 Å². The Balaban J connectivity index is 1.91. The van der Waals surface area contributed by atoms with Gasteiger partial charge in [0.25, 0.3) is 5.91 Å². The molecule has 1 aromatic rings. The van der Waals surface area contributed by atoms with Gasteiger partial charge in [0.1, 0.15) is 0 Å². The molecule has 8 nitrogen and oxygen atoms in total. The highest BCUT2D eigenvalue weighted by molar-refractivity contribution is 7.91. The summed E-state index contributed by atoms with van der Waals surface area (Å²) >= 11 is 0. The lowest BCUT2D eigenvalue weighted by Crippen LogP contribution is -2.61. The first-order valence-corrected chi connectivity index (χ1v) is 10.9. The number of nitrogens with one attached hydrogen (secondary N) is 1. The Morgan fingerprint density at radius 3 is 2.44 bits per heavy atom. The van der Waals surface area contributed by atoms with Gasteiger partial charge < -0.3 is 14.6 Å². The first-order valence-electron chi connectivity index (χ1n) is 9.10. The van der Waals surface area contributed by atoms with E-state index in [2.05, 4.69) is 9.88 Å². The third-order valence-corrected chi connectivity index (χ3v) is 7.34. The summed E-state index contributed by atoms with van der Waals surface area (Å²) in [4.78, 5) is 31.9. The molecule has 2 atom stereocenters. The fourth-order valence-corrected chi connectivity index (χ4v) is 6.34. The van der Waals surface area contributed by atoms with E-state index < -0.39 is 9.84 Å². The number of carbonyl (C=O) groups excluding carboxylic acids is 2. The van der Waals surface area contributed by atoms with Crippen molar-refractivity contribution in [2.24, 2.45) is 0 Å². The van der Waals surface area contributed by atoms with Gasteiger partial charge in [0.05, 0.1) is 35.4 Å². The number of hydrogen-bond acceptors (Lipinski definition) is 6. The van der Waals surface area contributed by atoms with Crippen molar-refractivity contribution in [2.45, 2.75) is 32.9 Å². The molecule has 2 aliphatic heterocycles. The van der Waals surface area contributed by atoms with Gasteiger partial charge in [-0.3, -0.25) is 14.5 Å². The topological polar surface area (TPSA) is 99.8 Å². The molecule has 2 fully saturated rings. The van der Waals surface area contributed by atoms with Gasteiger partial charge in [-0.05, 0) is 19.4 Å². The third-order valence-electron chi connectivity index (χ3n) is 5.64. The number of hydrogen-bond donors (Lipinski definition) is 1. The Kier molecular flexibility index (Phi) is 5.47. The lowest BCUT2D eigenvalue weighted by atomic mass is 10.0. The number of piperazine rings is 1. The minimum Gasteiger partial charge on any atom is -0.383 e. The zero-order valence-electron chi connectivity index (χ0n) is 16.2. The molecule has 27 heavy (non-hydrogen) atoms. The Labute approximate surface area is 159 Å². The second-order valence-electron chi connectivity index (χ2n) is 7.42. The number of rotatable bonds is 5. The van der Waals surface area contributed by atoms with Crippen molar-refractivity contribution in [3.05, 3.63) is 22.5 Å². The van der Waals surface area contributed by atoms with Gasteiger partial charge in [-0.15, -0.1) is 0 Å². The van der Waals surface area contributed by atoms with Crippen molar-refractivity contribution < 1.29 is 22.7 Å². The molecule has 2 saturated heterocycles. The molecule has 150 valence electrons. The van der Waals surface area contributed by atoms with E-state index >= 15 is 0 Å². The van der Waals surface area contributed by atoms with E-state index in [1.165, 1.54) is 6.92 Å². The SMILES string of the molecule is COCCN1CCN(C(=O)c2c(C)[nH]c(C(C)=O)c2C)[C@H]2CS(=O)(=O)C[C@H]21. The molecule has 0 spiro atoms.